The zero-order valence-corrected chi connectivity index (χ0v) is 38.5. The minimum absolute atomic E-state index is 0.195. The van der Waals surface area contributed by atoms with E-state index in [2.05, 4.69) is 294 Å². The number of benzene rings is 11. The van der Waals surface area contributed by atoms with Gasteiger partial charge in [-0.25, -0.2) is 0 Å². The number of para-hydroxylation sites is 2. The molecule has 2 heterocycles. The van der Waals surface area contributed by atoms with Crippen LogP contribution in [0.15, 0.2) is 279 Å². The van der Waals surface area contributed by atoms with Crippen LogP contribution in [-0.2, 0) is 0 Å². The Bertz CT molecular complexity index is 3620. The van der Waals surface area contributed by atoms with Crippen molar-refractivity contribution in [2.24, 2.45) is 0 Å². The van der Waals surface area contributed by atoms with E-state index in [1.54, 1.807) is 0 Å². The van der Waals surface area contributed by atoms with Crippen molar-refractivity contribution < 1.29 is 0 Å². The molecule has 0 aliphatic carbocycles. The molecule has 2 aliphatic heterocycles. The van der Waals surface area contributed by atoms with Crippen LogP contribution in [0.2, 0.25) is 0 Å². The summed E-state index contributed by atoms with van der Waals surface area (Å²) in [4.78, 5) is 7.55. The summed E-state index contributed by atoms with van der Waals surface area (Å²) in [5.41, 5.74) is 23.3. The van der Waals surface area contributed by atoms with Crippen LogP contribution in [0.4, 0.5) is 45.5 Å². The number of fused-ring (bicyclic) bond motifs is 4. The van der Waals surface area contributed by atoms with Crippen LogP contribution < -0.4 is 25.5 Å². The third kappa shape index (κ3) is 7.26. The molecular formula is C66H46BN3. The normalized spacial score (nSPS) is 12.2. The molecule has 0 amide bonds. The fourth-order valence-corrected chi connectivity index (χ4v) is 10.8. The molecule has 0 saturated carbocycles. The number of hydrogen-bond acceptors (Lipinski definition) is 3. The van der Waals surface area contributed by atoms with E-state index in [0.717, 1.165) is 39.8 Å². The van der Waals surface area contributed by atoms with Crippen molar-refractivity contribution in [3.63, 3.8) is 0 Å². The molecular weight excluding hydrogens is 846 g/mol. The highest BCUT2D eigenvalue weighted by Crippen LogP contribution is 2.51. The summed E-state index contributed by atoms with van der Waals surface area (Å²) in [6, 6.07) is 102. The minimum atomic E-state index is -0.195. The second-order valence-corrected chi connectivity index (χ2v) is 18.1. The maximum atomic E-state index is 2.63. The quantitative estimate of drug-likeness (QED) is 0.134. The van der Waals surface area contributed by atoms with Crippen LogP contribution in [0.25, 0.3) is 55.6 Å². The van der Waals surface area contributed by atoms with E-state index in [1.165, 1.54) is 72.2 Å². The molecule has 11 aromatic carbocycles. The molecule has 4 heteroatoms. The first-order valence-electron chi connectivity index (χ1n) is 24.1. The first-order chi connectivity index (χ1) is 34.7. The van der Waals surface area contributed by atoms with E-state index in [0.29, 0.717) is 0 Å². The van der Waals surface area contributed by atoms with E-state index < -0.39 is 0 Å². The van der Waals surface area contributed by atoms with Gasteiger partial charge in [0.1, 0.15) is 0 Å². The first-order valence-corrected chi connectivity index (χ1v) is 24.1. The Morgan fingerprint density at radius 2 is 0.729 bits per heavy atom. The molecule has 0 radical (unpaired) electrons. The Hall–Kier alpha value is -9.12. The van der Waals surface area contributed by atoms with Crippen molar-refractivity contribution >= 4 is 63.3 Å². The Labute approximate surface area is 410 Å². The Morgan fingerprint density at radius 1 is 0.271 bits per heavy atom. The van der Waals surface area contributed by atoms with Crippen molar-refractivity contribution in [2.45, 2.75) is 0 Å². The van der Waals surface area contributed by atoms with E-state index >= 15 is 0 Å². The van der Waals surface area contributed by atoms with Crippen molar-refractivity contribution in [3.8, 4) is 55.6 Å². The van der Waals surface area contributed by atoms with Gasteiger partial charge in [0.05, 0.1) is 0 Å². The zero-order valence-electron chi connectivity index (χ0n) is 38.5. The molecule has 0 saturated heterocycles. The van der Waals surface area contributed by atoms with Crippen LogP contribution in [0, 0.1) is 0 Å². The molecule has 13 rings (SSSR count). The largest absolute Gasteiger partial charge is 0.376 e. The van der Waals surface area contributed by atoms with E-state index in [-0.39, 0.29) is 6.85 Å². The van der Waals surface area contributed by atoms with Crippen LogP contribution in [-0.4, -0.2) is 6.85 Å². The molecule has 0 fully saturated rings. The molecule has 0 unspecified atom stereocenters. The Balaban J connectivity index is 1.13. The van der Waals surface area contributed by atoms with Gasteiger partial charge in [0, 0.05) is 51.1 Å². The van der Waals surface area contributed by atoms with Crippen molar-refractivity contribution in [1.29, 1.82) is 0 Å². The van der Waals surface area contributed by atoms with Gasteiger partial charge in [0.2, 0.25) is 0 Å². The van der Waals surface area contributed by atoms with E-state index in [9.17, 15) is 0 Å². The number of rotatable bonds is 9. The van der Waals surface area contributed by atoms with Crippen LogP contribution in [0.1, 0.15) is 0 Å². The predicted molar refractivity (Wildman–Crippen MR) is 297 cm³/mol. The van der Waals surface area contributed by atoms with Gasteiger partial charge >= 0.3 is 6.85 Å². The molecule has 0 atom stereocenters. The van der Waals surface area contributed by atoms with Crippen molar-refractivity contribution in [2.75, 3.05) is 14.6 Å². The summed E-state index contributed by atoms with van der Waals surface area (Å²) in [6.45, 7) is -0.195. The molecule has 0 N–H and O–H groups in total. The van der Waals surface area contributed by atoms with Gasteiger partial charge in [-0.05, 0) is 140 Å². The molecule has 0 bridgehead atoms. The molecule has 0 spiro atoms. The van der Waals surface area contributed by atoms with Crippen LogP contribution >= 0.6 is 0 Å². The lowest BCUT2D eigenvalue weighted by Crippen LogP contribution is -2.61. The van der Waals surface area contributed by atoms with E-state index in [1.807, 2.05) is 0 Å². The third-order valence-electron chi connectivity index (χ3n) is 14.0. The van der Waals surface area contributed by atoms with Crippen molar-refractivity contribution in [3.05, 3.63) is 279 Å². The third-order valence-corrected chi connectivity index (χ3v) is 14.0. The van der Waals surface area contributed by atoms with Gasteiger partial charge in [-0.1, -0.05) is 200 Å². The average Bonchev–Trinajstić information content (AvgIpc) is 3.44. The molecule has 0 aromatic heterocycles. The molecule has 328 valence electrons. The molecule has 70 heavy (non-hydrogen) atoms. The minimum Gasteiger partial charge on any atom is -0.376 e. The average molecular weight is 892 g/mol. The standard InChI is InChI=1S/C66H46BN3/c1-7-21-47(22-8-1)51-29-19-35-57(41-51)69-64-44-53(49-25-11-3-12-26-49)37-40-62(64)67-66-61(43-54(45-65(66)69)50-27-13-4-14-28-50)60-39-38-58(68(55-31-15-5-16-32-55)56-33-17-6-18-34-56)46-63(60)70(67)59-36-20-30-52(42-59)48-23-9-2-10-24-48/h1-46H. The second-order valence-electron chi connectivity index (χ2n) is 18.1. The fourth-order valence-electron chi connectivity index (χ4n) is 10.8. The monoisotopic (exact) mass is 891 g/mol. The number of nitrogens with zero attached hydrogens (tertiary/aromatic N) is 3. The van der Waals surface area contributed by atoms with E-state index in [4.69, 9.17) is 0 Å². The van der Waals surface area contributed by atoms with Gasteiger partial charge in [-0.2, -0.15) is 0 Å². The summed E-state index contributed by atoms with van der Waals surface area (Å²) in [7, 11) is 0. The maximum absolute atomic E-state index is 2.63. The topological polar surface area (TPSA) is 9.72 Å². The summed E-state index contributed by atoms with van der Waals surface area (Å²) in [5, 5.41) is 0. The lowest BCUT2D eigenvalue weighted by atomic mass is 9.43. The zero-order chi connectivity index (χ0) is 46.4. The number of anilines is 8. The van der Waals surface area contributed by atoms with Crippen molar-refractivity contribution in [1.82, 2.24) is 0 Å². The summed E-state index contributed by atoms with van der Waals surface area (Å²) >= 11 is 0. The summed E-state index contributed by atoms with van der Waals surface area (Å²) in [5.74, 6) is 0. The molecule has 3 nitrogen and oxygen atoms in total. The first kappa shape index (κ1) is 41.1. The number of hydrogen-bond donors (Lipinski definition) is 0. The van der Waals surface area contributed by atoms with Crippen LogP contribution in [0.3, 0.4) is 0 Å². The fraction of sp³-hybridized carbons (Fsp3) is 0. The Kier molecular flexibility index (Phi) is 10.3. The highest BCUT2D eigenvalue weighted by molar-refractivity contribution is 6.93. The SMILES string of the molecule is c1ccc(-c2cccc(N3B4c5ccc(-c6ccccc6)cc5N(c5cccc(-c6ccccc6)c5)c5cc(-c6ccccc6)cc(c54)-c4ccc(N(c5ccccc5)c5ccccc5)cc43)c2)cc1. The Morgan fingerprint density at radius 3 is 1.29 bits per heavy atom. The molecule has 2 aliphatic rings. The summed E-state index contributed by atoms with van der Waals surface area (Å²) in [6.07, 6.45) is 0. The lowest BCUT2D eigenvalue weighted by Gasteiger charge is -2.46. The van der Waals surface area contributed by atoms with Crippen LogP contribution in [0.5, 0.6) is 0 Å². The second kappa shape index (κ2) is 17.5. The maximum Gasteiger partial charge on any atom is 0.333 e. The highest BCUT2D eigenvalue weighted by Gasteiger charge is 2.45. The van der Waals surface area contributed by atoms with Gasteiger partial charge in [-0.3, -0.25) is 0 Å². The van der Waals surface area contributed by atoms with Gasteiger partial charge in [-0.15, -0.1) is 0 Å². The van der Waals surface area contributed by atoms with Gasteiger partial charge in [0.25, 0.3) is 0 Å². The smallest absolute Gasteiger partial charge is 0.333 e. The predicted octanol–water partition coefficient (Wildman–Crippen LogP) is 16.5. The lowest BCUT2D eigenvalue weighted by molar-refractivity contribution is 1.25. The summed E-state index contributed by atoms with van der Waals surface area (Å²) < 4.78 is 0. The van der Waals surface area contributed by atoms with Gasteiger partial charge < -0.3 is 14.6 Å². The van der Waals surface area contributed by atoms with Gasteiger partial charge in [0.15, 0.2) is 0 Å². The molecule has 11 aromatic rings. The highest BCUT2D eigenvalue weighted by atomic mass is 15.2.